The summed E-state index contributed by atoms with van der Waals surface area (Å²) in [5.41, 5.74) is 3.34. The van der Waals surface area contributed by atoms with E-state index in [0.717, 1.165) is 23.3 Å². The Kier molecular flexibility index (Phi) is 5.99. The van der Waals surface area contributed by atoms with E-state index in [9.17, 15) is 0 Å². The van der Waals surface area contributed by atoms with E-state index in [2.05, 4.69) is 31.7 Å². The molecule has 1 aromatic rings. The summed E-state index contributed by atoms with van der Waals surface area (Å²) in [7, 11) is 0. The minimum absolute atomic E-state index is 0.651. The van der Waals surface area contributed by atoms with Gasteiger partial charge in [0.1, 0.15) is 12.4 Å². The van der Waals surface area contributed by atoms with E-state index in [1.165, 1.54) is 5.57 Å². The normalized spacial score (nSPS) is 19.3. The van der Waals surface area contributed by atoms with E-state index in [1.807, 2.05) is 38.1 Å². The Morgan fingerprint density at radius 1 is 1.17 bits per heavy atom. The van der Waals surface area contributed by atoms with Gasteiger partial charge in [-0.3, -0.25) is 0 Å². The number of para-hydroxylation sites is 1. The second-order valence-corrected chi connectivity index (χ2v) is 4.00. The molecule has 1 aliphatic heterocycles. The van der Waals surface area contributed by atoms with Crippen LogP contribution in [-0.4, -0.2) is 6.61 Å². The third kappa shape index (κ3) is 3.92. The summed E-state index contributed by atoms with van der Waals surface area (Å²) in [6, 6.07) is 8.03. The number of fused-ring (bicyclic) bond motifs is 1. The molecule has 1 aromatic carbocycles. The first kappa shape index (κ1) is 14.3. The monoisotopic (exact) mass is 242 g/mol. The number of benzene rings is 1. The number of hydrogen-bond acceptors (Lipinski definition) is 1. The maximum absolute atomic E-state index is 5.78. The van der Waals surface area contributed by atoms with Gasteiger partial charge in [0.05, 0.1) is 0 Å². The molecule has 0 aliphatic carbocycles. The fourth-order valence-electron chi connectivity index (χ4n) is 1.68. The van der Waals surface area contributed by atoms with Crippen LogP contribution < -0.4 is 4.74 Å². The second-order valence-electron chi connectivity index (χ2n) is 4.00. The highest BCUT2D eigenvalue weighted by atomic mass is 16.5. The van der Waals surface area contributed by atoms with Gasteiger partial charge in [-0.25, -0.2) is 0 Å². The molecule has 0 N–H and O–H groups in total. The summed E-state index contributed by atoms with van der Waals surface area (Å²) < 4.78 is 5.78. The lowest BCUT2D eigenvalue weighted by molar-refractivity contribution is 0.351. The molecule has 0 bridgehead atoms. The maximum atomic E-state index is 5.78. The average molecular weight is 242 g/mol. The van der Waals surface area contributed by atoms with Gasteiger partial charge in [0.15, 0.2) is 0 Å². The van der Waals surface area contributed by atoms with Gasteiger partial charge >= 0.3 is 0 Å². The fraction of sp³-hybridized carbons (Fsp3) is 0.294. The minimum Gasteiger partial charge on any atom is -0.489 e. The predicted octanol–water partition coefficient (Wildman–Crippen LogP) is 5.01. The van der Waals surface area contributed by atoms with Crippen LogP contribution in [-0.2, 0) is 0 Å². The van der Waals surface area contributed by atoms with Crippen LogP contribution in [0.4, 0.5) is 0 Å². The molecular weight excluding hydrogens is 220 g/mol. The van der Waals surface area contributed by atoms with Gasteiger partial charge in [-0.15, -0.1) is 0 Å². The standard InChI is InChI=1S/C15H16O.C2H6/c1-12-7-3-4-8-13(2)14-9-5-6-10-15(14)16-11-12;1-2/h4-10H,2-3,11H2,1H3;1-2H3/b8-4-,12-7-;. The van der Waals surface area contributed by atoms with Crippen molar-refractivity contribution in [1.29, 1.82) is 0 Å². The summed E-state index contributed by atoms with van der Waals surface area (Å²) in [6.07, 6.45) is 7.30. The molecule has 0 unspecified atom stereocenters. The second kappa shape index (κ2) is 7.54. The zero-order valence-corrected chi connectivity index (χ0v) is 11.6. The van der Waals surface area contributed by atoms with Gasteiger partial charge in [0.2, 0.25) is 0 Å². The van der Waals surface area contributed by atoms with Gasteiger partial charge in [-0.2, -0.15) is 0 Å². The average Bonchev–Trinajstić information content (AvgIpc) is 2.43. The lowest BCUT2D eigenvalue weighted by Crippen LogP contribution is -2.01. The fourth-order valence-corrected chi connectivity index (χ4v) is 1.68. The molecule has 0 saturated heterocycles. The highest BCUT2D eigenvalue weighted by Crippen LogP contribution is 2.26. The summed E-state index contributed by atoms with van der Waals surface area (Å²) in [4.78, 5) is 0. The number of allylic oxidation sites excluding steroid dienone is 4. The van der Waals surface area contributed by atoms with Crippen molar-refractivity contribution in [1.82, 2.24) is 0 Å². The van der Waals surface area contributed by atoms with Crippen molar-refractivity contribution >= 4 is 5.57 Å². The van der Waals surface area contributed by atoms with Gasteiger partial charge in [0.25, 0.3) is 0 Å². The minimum atomic E-state index is 0.651. The van der Waals surface area contributed by atoms with E-state index in [0.29, 0.717) is 6.61 Å². The first-order chi connectivity index (χ1) is 8.77. The topological polar surface area (TPSA) is 9.23 Å². The SMILES string of the molecule is C=C1/C=C\C/C=C(/C)COc2ccccc21.CC. The Bertz CT molecular complexity index is 452. The summed E-state index contributed by atoms with van der Waals surface area (Å²) in [6.45, 7) is 10.8. The van der Waals surface area contributed by atoms with Crippen LogP contribution >= 0.6 is 0 Å². The molecule has 96 valence electrons. The van der Waals surface area contributed by atoms with Crippen molar-refractivity contribution in [2.75, 3.05) is 6.61 Å². The van der Waals surface area contributed by atoms with Crippen LogP contribution in [0.5, 0.6) is 5.75 Å². The first-order valence-corrected chi connectivity index (χ1v) is 6.50. The number of hydrogen-bond donors (Lipinski definition) is 0. The lowest BCUT2D eigenvalue weighted by Gasteiger charge is -2.13. The molecule has 0 spiro atoms. The number of rotatable bonds is 0. The molecule has 1 nitrogen and oxygen atoms in total. The molecule has 18 heavy (non-hydrogen) atoms. The lowest BCUT2D eigenvalue weighted by atomic mass is 10.0. The first-order valence-electron chi connectivity index (χ1n) is 6.50. The van der Waals surface area contributed by atoms with E-state index in [1.54, 1.807) is 0 Å². The van der Waals surface area contributed by atoms with Crippen molar-refractivity contribution in [3.05, 3.63) is 60.2 Å². The molecule has 0 radical (unpaired) electrons. The van der Waals surface area contributed by atoms with E-state index in [4.69, 9.17) is 4.74 Å². The molecule has 2 rings (SSSR count). The smallest absolute Gasteiger partial charge is 0.127 e. The molecule has 1 heterocycles. The van der Waals surface area contributed by atoms with Gasteiger partial charge < -0.3 is 4.74 Å². The van der Waals surface area contributed by atoms with E-state index >= 15 is 0 Å². The van der Waals surface area contributed by atoms with E-state index in [-0.39, 0.29) is 0 Å². The third-order valence-corrected chi connectivity index (χ3v) is 2.61. The van der Waals surface area contributed by atoms with Crippen molar-refractivity contribution in [3.63, 3.8) is 0 Å². The van der Waals surface area contributed by atoms with Crippen molar-refractivity contribution in [2.24, 2.45) is 0 Å². The van der Waals surface area contributed by atoms with Crippen LogP contribution in [0.2, 0.25) is 0 Å². The van der Waals surface area contributed by atoms with Crippen LogP contribution in [0.3, 0.4) is 0 Å². The van der Waals surface area contributed by atoms with E-state index < -0.39 is 0 Å². The maximum Gasteiger partial charge on any atom is 0.127 e. The van der Waals surface area contributed by atoms with Crippen molar-refractivity contribution in [3.8, 4) is 5.75 Å². The molecule has 0 saturated carbocycles. The Morgan fingerprint density at radius 3 is 2.67 bits per heavy atom. The van der Waals surface area contributed by atoms with Crippen LogP contribution in [0.25, 0.3) is 5.57 Å². The molecule has 0 atom stereocenters. The van der Waals surface area contributed by atoms with Crippen LogP contribution in [0.1, 0.15) is 32.8 Å². The summed E-state index contributed by atoms with van der Waals surface area (Å²) in [5, 5.41) is 0. The molecular formula is C17H22O. The zero-order chi connectivity index (χ0) is 13.4. The molecule has 0 aromatic heterocycles. The van der Waals surface area contributed by atoms with Crippen molar-refractivity contribution in [2.45, 2.75) is 27.2 Å². The summed E-state index contributed by atoms with van der Waals surface area (Å²) >= 11 is 0. The quantitative estimate of drug-likeness (QED) is 0.581. The molecule has 0 amide bonds. The van der Waals surface area contributed by atoms with Gasteiger partial charge in [-0.1, -0.05) is 56.9 Å². The highest BCUT2D eigenvalue weighted by molar-refractivity contribution is 5.76. The Hall–Kier alpha value is -1.76. The van der Waals surface area contributed by atoms with Gasteiger partial charge in [-0.05, 0) is 30.6 Å². The Balaban J connectivity index is 0.000000771. The molecule has 1 heteroatoms. The predicted molar refractivity (Wildman–Crippen MR) is 79.8 cm³/mol. The van der Waals surface area contributed by atoms with Crippen LogP contribution in [0, 0.1) is 0 Å². The number of ether oxygens (including phenoxy) is 1. The Labute approximate surface area is 110 Å². The summed E-state index contributed by atoms with van der Waals surface area (Å²) in [5.74, 6) is 0.909. The van der Waals surface area contributed by atoms with Crippen molar-refractivity contribution < 1.29 is 4.74 Å². The largest absolute Gasteiger partial charge is 0.489 e. The molecule has 1 aliphatic rings. The third-order valence-electron chi connectivity index (χ3n) is 2.61. The zero-order valence-electron chi connectivity index (χ0n) is 11.6. The Morgan fingerprint density at radius 2 is 1.89 bits per heavy atom. The van der Waals surface area contributed by atoms with Gasteiger partial charge in [0, 0.05) is 5.56 Å². The van der Waals surface area contributed by atoms with Crippen LogP contribution in [0.15, 0.2) is 54.6 Å². The molecule has 0 fully saturated rings. The highest BCUT2D eigenvalue weighted by Gasteiger charge is 2.05.